The zero-order valence-electron chi connectivity index (χ0n) is 13.3. The Morgan fingerprint density at radius 3 is 2.73 bits per heavy atom. The number of anilines is 1. The topological polar surface area (TPSA) is 46.9 Å². The van der Waals surface area contributed by atoms with E-state index in [1.54, 1.807) is 0 Å². The Kier molecular flexibility index (Phi) is 3.73. The minimum Gasteiger partial charge on any atom is -0.311 e. The summed E-state index contributed by atoms with van der Waals surface area (Å²) in [5.74, 6) is 0.857. The summed E-state index contributed by atoms with van der Waals surface area (Å²) in [5, 5.41) is 8.33. The summed E-state index contributed by atoms with van der Waals surface area (Å²) >= 11 is 6.27. The molecule has 0 fully saturated rings. The summed E-state index contributed by atoms with van der Waals surface area (Å²) in [6.07, 6.45) is 0.428. The molecule has 0 bridgehead atoms. The van der Waals surface area contributed by atoms with Gasteiger partial charge >= 0.3 is 0 Å². The van der Waals surface area contributed by atoms with Crippen molar-refractivity contribution in [2.24, 2.45) is 0 Å². The maximum Gasteiger partial charge on any atom is 0.226 e. The Morgan fingerprint density at radius 1 is 1.36 bits per heavy atom. The van der Waals surface area contributed by atoms with Crippen LogP contribution in [0.5, 0.6) is 0 Å². The smallest absolute Gasteiger partial charge is 0.226 e. The molecule has 3 rings (SSSR count). The van der Waals surface area contributed by atoms with Gasteiger partial charge in [-0.1, -0.05) is 23.7 Å². The third-order valence-corrected chi connectivity index (χ3v) is 4.62. The molecule has 1 aliphatic heterocycles. The highest BCUT2D eigenvalue weighted by molar-refractivity contribution is 6.31. The average Bonchev–Trinajstić information content (AvgIpc) is 2.78. The molecule has 22 heavy (non-hydrogen) atoms. The maximum atomic E-state index is 12.2. The van der Waals surface area contributed by atoms with Crippen LogP contribution in [-0.2, 0) is 4.79 Å². The molecule has 4 nitrogen and oxygen atoms in total. The van der Waals surface area contributed by atoms with Crippen molar-refractivity contribution in [3.63, 3.8) is 0 Å². The van der Waals surface area contributed by atoms with Gasteiger partial charge in [-0.15, -0.1) is 0 Å². The van der Waals surface area contributed by atoms with Gasteiger partial charge in [-0.2, -0.15) is 5.10 Å². The quantitative estimate of drug-likeness (QED) is 0.902. The van der Waals surface area contributed by atoms with Crippen LogP contribution < -0.4 is 5.32 Å². The monoisotopic (exact) mass is 317 g/mol. The van der Waals surface area contributed by atoms with Gasteiger partial charge in [-0.3, -0.25) is 4.79 Å². The third kappa shape index (κ3) is 2.41. The Labute approximate surface area is 135 Å². The number of hydrogen-bond donors (Lipinski definition) is 1. The van der Waals surface area contributed by atoms with Gasteiger partial charge < -0.3 is 5.32 Å². The van der Waals surface area contributed by atoms with Crippen molar-refractivity contribution >= 4 is 23.3 Å². The predicted octanol–water partition coefficient (Wildman–Crippen LogP) is 4.21. The first-order valence-corrected chi connectivity index (χ1v) is 7.91. The molecule has 0 spiro atoms. The van der Waals surface area contributed by atoms with E-state index in [1.165, 1.54) is 0 Å². The molecule has 2 aromatic rings. The molecule has 1 aromatic heterocycles. The SMILES string of the molecule is Cc1ccc(C2CC(=O)Nc3c2c(C)nn3C(C)C)cc1Cl. The molecule has 0 saturated heterocycles. The van der Waals surface area contributed by atoms with E-state index in [9.17, 15) is 4.79 Å². The number of nitrogens with zero attached hydrogens (tertiary/aromatic N) is 2. The van der Waals surface area contributed by atoms with E-state index in [4.69, 9.17) is 11.6 Å². The Morgan fingerprint density at radius 2 is 2.09 bits per heavy atom. The van der Waals surface area contributed by atoms with Crippen LogP contribution in [0, 0.1) is 13.8 Å². The fourth-order valence-corrected chi connectivity index (χ4v) is 3.25. The van der Waals surface area contributed by atoms with Gasteiger partial charge in [0.25, 0.3) is 0 Å². The molecule has 5 heteroatoms. The van der Waals surface area contributed by atoms with Gasteiger partial charge in [0.1, 0.15) is 5.82 Å². The predicted molar refractivity (Wildman–Crippen MR) is 88.6 cm³/mol. The number of aromatic nitrogens is 2. The van der Waals surface area contributed by atoms with Gasteiger partial charge in [-0.25, -0.2) is 4.68 Å². The van der Waals surface area contributed by atoms with Crippen molar-refractivity contribution in [3.8, 4) is 0 Å². The number of nitrogens with one attached hydrogen (secondary N) is 1. The number of fused-ring (bicyclic) bond motifs is 1. The van der Waals surface area contributed by atoms with Crippen molar-refractivity contribution in [2.75, 3.05) is 5.32 Å². The highest BCUT2D eigenvalue weighted by Crippen LogP contribution is 2.40. The fraction of sp³-hybridized carbons (Fsp3) is 0.412. The van der Waals surface area contributed by atoms with E-state index in [0.717, 1.165) is 33.2 Å². The minimum absolute atomic E-state index is 0.00866. The van der Waals surface area contributed by atoms with Crippen molar-refractivity contribution in [3.05, 3.63) is 45.6 Å². The number of carbonyl (C=O) groups excluding carboxylic acids is 1. The molecule has 1 atom stereocenters. The number of carbonyl (C=O) groups is 1. The first kappa shape index (κ1) is 15.1. The Hall–Kier alpha value is -1.81. The van der Waals surface area contributed by atoms with Crippen LogP contribution in [0.1, 0.15) is 54.6 Å². The number of halogens is 1. The molecule has 1 aliphatic rings. The summed E-state index contributed by atoms with van der Waals surface area (Å²) in [5.41, 5.74) is 4.18. The summed E-state index contributed by atoms with van der Waals surface area (Å²) in [6, 6.07) is 6.23. The summed E-state index contributed by atoms with van der Waals surface area (Å²) in [6.45, 7) is 8.10. The summed E-state index contributed by atoms with van der Waals surface area (Å²) in [7, 11) is 0. The van der Waals surface area contributed by atoms with Crippen molar-refractivity contribution in [1.29, 1.82) is 0 Å². The maximum absolute atomic E-state index is 12.2. The van der Waals surface area contributed by atoms with E-state index in [-0.39, 0.29) is 17.9 Å². The highest BCUT2D eigenvalue weighted by atomic mass is 35.5. The van der Waals surface area contributed by atoms with Crippen molar-refractivity contribution in [1.82, 2.24) is 9.78 Å². The molecule has 1 amide bonds. The van der Waals surface area contributed by atoms with Crippen molar-refractivity contribution < 1.29 is 4.79 Å². The highest BCUT2D eigenvalue weighted by Gasteiger charge is 2.32. The van der Waals surface area contributed by atoms with Crippen LogP contribution in [0.2, 0.25) is 5.02 Å². The van der Waals surface area contributed by atoms with Crippen LogP contribution in [0.25, 0.3) is 0 Å². The molecule has 0 aliphatic carbocycles. The van der Waals surface area contributed by atoms with Crippen LogP contribution in [0.4, 0.5) is 5.82 Å². The number of amides is 1. The van der Waals surface area contributed by atoms with E-state index in [0.29, 0.717) is 6.42 Å². The Bertz CT molecular complexity index is 749. The first-order chi connectivity index (χ1) is 10.4. The van der Waals surface area contributed by atoms with Gasteiger partial charge in [0, 0.05) is 29.0 Å². The number of rotatable bonds is 2. The second kappa shape index (κ2) is 5.43. The lowest BCUT2D eigenvalue weighted by Crippen LogP contribution is -2.25. The van der Waals surface area contributed by atoms with Gasteiger partial charge in [-0.05, 0) is 44.9 Å². The summed E-state index contributed by atoms with van der Waals surface area (Å²) < 4.78 is 1.89. The minimum atomic E-state index is 0.00866. The second-order valence-electron chi connectivity index (χ2n) is 6.20. The molecule has 2 heterocycles. The lowest BCUT2D eigenvalue weighted by molar-refractivity contribution is -0.116. The molecule has 1 unspecified atom stereocenters. The molecule has 1 aromatic carbocycles. The zero-order chi connectivity index (χ0) is 16.0. The van der Waals surface area contributed by atoms with Crippen molar-refractivity contribution in [2.45, 2.75) is 46.1 Å². The van der Waals surface area contributed by atoms with E-state index in [1.807, 2.05) is 30.7 Å². The first-order valence-electron chi connectivity index (χ1n) is 7.53. The molecule has 116 valence electrons. The molecule has 0 radical (unpaired) electrons. The lowest BCUT2D eigenvalue weighted by atomic mass is 9.85. The standard InChI is InChI=1S/C17H20ClN3O/c1-9(2)21-17-16(11(4)20-21)13(8-15(22)19-17)12-6-5-10(3)14(18)7-12/h5-7,9,13H,8H2,1-4H3,(H,19,22). The zero-order valence-corrected chi connectivity index (χ0v) is 14.0. The number of benzene rings is 1. The van der Waals surface area contributed by atoms with E-state index in [2.05, 4.69) is 30.3 Å². The molecule has 1 N–H and O–H groups in total. The van der Waals surface area contributed by atoms with Crippen LogP contribution in [0.3, 0.4) is 0 Å². The number of hydrogen-bond acceptors (Lipinski definition) is 2. The van der Waals surface area contributed by atoms with E-state index >= 15 is 0 Å². The number of aryl methyl sites for hydroxylation is 2. The average molecular weight is 318 g/mol. The second-order valence-corrected chi connectivity index (χ2v) is 6.61. The normalized spacial score (nSPS) is 17.5. The van der Waals surface area contributed by atoms with Gasteiger partial charge in [0.15, 0.2) is 0 Å². The third-order valence-electron chi connectivity index (χ3n) is 4.21. The van der Waals surface area contributed by atoms with Crippen LogP contribution in [0.15, 0.2) is 18.2 Å². The Balaban J connectivity index is 2.15. The largest absolute Gasteiger partial charge is 0.311 e. The molecule has 0 saturated carbocycles. The van der Waals surface area contributed by atoms with Crippen LogP contribution >= 0.6 is 11.6 Å². The molecular weight excluding hydrogens is 298 g/mol. The van der Waals surface area contributed by atoms with Gasteiger partial charge in [0.2, 0.25) is 5.91 Å². The molecular formula is C17H20ClN3O. The van der Waals surface area contributed by atoms with Gasteiger partial charge in [0.05, 0.1) is 5.69 Å². The fourth-order valence-electron chi connectivity index (χ4n) is 3.06. The summed E-state index contributed by atoms with van der Waals surface area (Å²) in [4.78, 5) is 12.2. The van der Waals surface area contributed by atoms with E-state index < -0.39 is 0 Å². The lowest BCUT2D eigenvalue weighted by Gasteiger charge is -2.25. The van der Waals surface area contributed by atoms with Crippen LogP contribution in [-0.4, -0.2) is 15.7 Å².